The molecule has 2 heterocycles. The Hall–Kier alpha value is -2.99. The van der Waals surface area contributed by atoms with Crippen molar-refractivity contribution in [1.29, 1.82) is 0 Å². The lowest BCUT2D eigenvalue weighted by Gasteiger charge is -2.16. The van der Waals surface area contributed by atoms with Gasteiger partial charge < -0.3 is 9.64 Å². The number of hydrogen-bond donors (Lipinski definition) is 1. The molecule has 12 heteroatoms. The van der Waals surface area contributed by atoms with Crippen molar-refractivity contribution in [2.45, 2.75) is 30.7 Å². The molecule has 1 aromatic carbocycles. The second-order valence-electron chi connectivity index (χ2n) is 6.44. The first-order valence-electron chi connectivity index (χ1n) is 8.98. The number of sulfonamides is 1. The minimum absolute atomic E-state index is 0.0363. The van der Waals surface area contributed by atoms with Gasteiger partial charge in [0.2, 0.25) is 15.9 Å². The summed E-state index contributed by atoms with van der Waals surface area (Å²) in [5, 5.41) is 14.8. The largest absolute Gasteiger partial charge is 0.475 e. The van der Waals surface area contributed by atoms with E-state index in [4.69, 9.17) is 4.74 Å². The fourth-order valence-corrected chi connectivity index (χ4v) is 4.11. The van der Waals surface area contributed by atoms with E-state index < -0.39 is 14.9 Å². The molecule has 0 spiro atoms. The Morgan fingerprint density at radius 3 is 2.59 bits per heavy atom. The Labute approximate surface area is 167 Å². The molecule has 0 aliphatic carbocycles. The SMILES string of the molecule is COc1nn(CCCNS(=O)(=O)c2ccc(N3CCCC3=O)cc2)cc1[N+](=O)[O-]. The van der Waals surface area contributed by atoms with E-state index in [1.807, 2.05) is 0 Å². The number of hydrogen-bond acceptors (Lipinski definition) is 7. The molecule has 11 nitrogen and oxygen atoms in total. The average molecular weight is 423 g/mol. The summed E-state index contributed by atoms with van der Waals surface area (Å²) in [6.45, 7) is 1.05. The second kappa shape index (κ2) is 8.57. The number of nitrogens with zero attached hydrogens (tertiary/aromatic N) is 4. The molecular formula is C17H21N5O6S. The van der Waals surface area contributed by atoms with Crippen LogP contribution in [-0.2, 0) is 21.4 Å². The number of nitrogens with one attached hydrogen (secondary N) is 1. The third-order valence-electron chi connectivity index (χ3n) is 4.49. The quantitative estimate of drug-likeness (QED) is 0.364. The van der Waals surface area contributed by atoms with Gasteiger partial charge in [-0.25, -0.2) is 13.1 Å². The maximum Gasteiger partial charge on any atom is 0.350 e. The van der Waals surface area contributed by atoms with Gasteiger partial charge in [0.1, 0.15) is 6.20 Å². The topological polar surface area (TPSA) is 137 Å². The van der Waals surface area contributed by atoms with Gasteiger partial charge in [-0.3, -0.25) is 19.6 Å². The average Bonchev–Trinajstić information content (AvgIpc) is 3.31. The highest BCUT2D eigenvalue weighted by atomic mass is 32.2. The van der Waals surface area contributed by atoms with Crippen molar-refractivity contribution < 1.29 is 22.9 Å². The maximum atomic E-state index is 12.4. The van der Waals surface area contributed by atoms with E-state index in [0.29, 0.717) is 25.1 Å². The standard InChI is InChI=1S/C17H21N5O6S/c1-28-17-15(22(24)25)12-20(19-17)10-3-9-18-29(26,27)14-7-5-13(6-8-14)21-11-2-4-16(21)23/h5-8,12,18H,2-4,9-11H2,1H3. The highest BCUT2D eigenvalue weighted by Crippen LogP contribution is 2.24. The predicted molar refractivity (Wildman–Crippen MR) is 103 cm³/mol. The van der Waals surface area contributed by atoms with Crippen LogP contribution in [-0.4, -0.2) is 49.2 Å². The van der Waals surface area contributed by atoms with E-state index in [2.05, 4.69) is 9.82 Å². The number of amides is 1. The number of aryl methyl sites for hydroxylation is 1. The summed E-state index contributed by atoms with van der Waals surface area (Å²) >= 11 is 0. The molecule has 0 radical (unpaired) electrons. The molecule has 0 saturated carbocycles. The number of rotatable bonds is 9. The van der Waals surface area contributed by atoms with E-state index in [1.165, 1.54) is 30.1 Å². The van der Waals surface area contributed by atoms with Crippen molar-refractivity contribution in [3.8, 4) is 5.88 Å². The first kappa shape index (κ1) is 20.7. The van der Waals surface area contributed by atoms with Crippen molar-refractivity contribution in [2.24, 2.45) is 0 Å². The molecule has 1 N–H and O–H groups in total. The molecule has 0 bridgehead atoms. The highest BCUT2D eigenvalue weighted by molar-refractivity contribution is 7.89. The summed E-state index contributed by atoms with van der Waals surface area (Å²) in [6, 6.07) is 6.16. The summed E-state index contributed by atoms with van der Waals surface area (Å²) in [4.78, 5) is 23.8. The number of carbonyl (C=O) groups excluding carboxylic acids is 1. The smallest absolute Gasteiger partial charge is 0.350 e. The minimum Gasteiger partial charge on any atom is -0.475 e. The second-order valence-corrected chi connectivity index (χ2v) is 8.20. The molecule has 2 aromatic rings. The maximum absolute atomic E-state index is 12.4. The Morgan fingerprint density at radius 1 is 1.31 bits per heavy atom. The lowest BCUT2D eigenvalue weighted by atomic mass is 10.3. The van der Waals surface area contributed by atoms with Crippen LogP contribution in [0.4, 0.5) is 11.4 Å². The van der Waals surface area contributed by atoms with Crippen LogP contribution in [0.1, 0.15) is 19.3 Å². The van der Waals surface area contributed by atoms with E-state index in [9.17, 15) is 23.3 Å². The van der Waals surface area contributed by atoms with Gasteiger partial charge in [-0.1, -0.05) is 0 Å². The third kappa shape index (κ3) is 4.71. The highest BCUT2D eigenvalue weighted by Gasteiger charge is 2.23. The van der Waals surface area contributed by atoms with Crippen LogP contribution in [0.2, 0.25) is 0 Å². The zero-order chi connectivity index (χ0) is 21.0. The molecule has 1 aromatic heterocycles. The van der Waals surface area contributed by atoms with Gasteiger partial charge in [0.25, 0.3) is 0 Å². The molecule has 0 atom stereocenters. The van der Waals surface area contributed by atoms with Crippen LogP contribution in [0.5, 0.6) is 5.88 Å². The van der Waals surface area contributed by atoms with Crippen LogP contribution < -0.4 is 14.4 Å². The molecule has 1 amide bonds. The number of ether oxygens (including phenoxy) is 1. The summed E-state index contributed by atoms with van der Waals surface area (Å²) in [7, 11) is -2.42. The predicted octanol–water partition coefficient (Wildman–Crippen LogP) is 1.30. The Kier molecular flexibility index (Phi) is 6.13. The molecule has 156 valence electrons. The van der Waals surface area contributed by atoms with Crippen molar-refractivity contribution in [3.05, 3.63) is 40.6 Å². The molecular weight excluding hydrogens is 402 g/mol. The van der Waals surface area contributed by atoms with Crippen LogP contribution in [0, 0.1) is 10.1 Å². The van der Waals surface area contributed by atoms with Crippen molar-refractivity contribution in [1.82, 2.24) is 14.5 Å². The van der Waals surface area contributed by atoms with Crippen LogP contribution >= 0.6 is 0 Å². The zero-order valence-corrected chi connectivity index (χ0v) is 16.6. The van der Waals surface area contributed by atoms with E-state index in [-0.39, 0.29) is 35.5 Å². The Bertz CT molecular complexity index is 1000. The summed E-state index contributed by atoms with van der Waals surface area (Å²) in [6.07, 6.45) is 2.92. The number of carbonyl (C=O) groups is 1. The summed E-state index contributed by atoms with van der Waals surface area (Å²) in [5.41, 5.74) is 0.435. The van der Waals surface area contributed by atoms with E-state index in [1.54, 1.807) is 17.0 Å². The number of anilines is 1. The number of benzene rings is 1. The Balaban J connectivity index is 1.55. The lowest BCUT2D eigenvalue weighted by Crippen LogP contribution is -2.26. The third-order valence-corrected chi connectivity index (χ3v) is 5.96. The molecule has 1 saturated heterocycles. The normalized spacial score (nSPS) is 14.4. The van der Waals surface area contributed by atoms with Crippen LogP contribution in [0.25, 0.3) is 0 Å². The number of aromatic nitrogens is 2. The minimum atomic E-state index is -3.71. The molecule has 0 unspecified atom stereocenters. The van der Waals surface area contributed by atoms with Crippen molar-refractivity contribution in [3.63, 3.8) is 0 Å². The van der Waals surface area contributed by atoms with Crippen molar-refractivity contribution in [2.75, 3.05) is 25.1 Å². The molecule has 29 heavy (non-hydrogen) atoms. The summed E-state index contributed by atoms with van der Waals surface area (Å²) in [5.74, 6) is -0.0543. The lowest BCUT2D eigenvalue weighted by molar-refractivity contribution is -0.385. The van der Waals surface area contributed by atoms with Gasteiger partial charge in [0.15, 0.2) is 0 Å². The fraction of sp³-hybridized carbons (Fsp3) is 0.412. The van der Waals surface area contributed by atoms with Gasteiger partial charge in [-0.2, -0.15) is 0 Å². The van der Waals surface area contributed by atoms with E-state index >= 15 is 0 Å². The van der Waals surface area contributed by atoms with Crippen LogP contribution in [0.15, 0.2) is 35.4 Å². The Morgan fingerprint density at radius 2 is 2.03 bits per heavy atom. The van der Waals surface area contributed by atoms with Crippen molar-refractivity contribution >= 4 is 27.3 Å². The number of methoxy groups -OCH3 is 1. The molecule has 1 fully saturated rings. The molecule has 3 rings (SSSR count). The van der Waals surface area contributed by atoms with Crippen LogP contribution in [0.3, 0.4) is 0 Å². The fourth-order valence-electron chi connectivity index (χ4n) is 3.04. The molecule has 1 aliphatic heterocycles. The monoisotopic (exact) mass is 423 g/mol. The first-order chi connectivity index (χ1) is 13.8. The van der Waals surface area contributed by atoms with Gasteiger partial charge in [-0.05, 0) is 37.1 Å². The summed E-state index contributed by atoms with van der Waals surface area (Å²) < 4.78 is 33.5. The van der Waals surface area contributed by atoms with Gasteiger partial charge in [0.05, 0.1) is 16.9 Å². The first-order valence-corrected chi connectivity index (χ1v) is 10.5. The van der Waals surface area contributed by atoms with E-state index in [0.717, 1.165) is 6.42 Å². The van der Waals surface area contributed by atoms with Gasteiger partial charge >= 0.3 is 11.6 Å². The van der Waals surface area contributed by atoms with Gasteiger partial charge in [0, 0.05) is 31.7 Å². The number of nitro groups is 1. The molecule has 1 aliphatic rings. The zero-order valence-electron chi connectivity index (χ0n) is 15.8. The van der Waals surface area contributed by atoms with Gasteiger partial charge in [-0.15, -0.1) is 5.10 Å².